The number of hydrogen-bond donors (Lipinski definition) is 2. The Balaban J connectivity index is 4.16. The highest BCUT2D eigenvalue weighted by atomic mass is 32.2. The summed E-state index contributed by atoms with van der Waals surface area (Å²) in [7, 11) is 0. The fourth-order valence-corrected chi connectivity index (χ4v) is 1.35. The minimum absolute atomic E-state index is 0.209. The number of nitrogens with zero attached hydrogens (tertiary/aromatic N) is 1. The monoisotopic (exact) mass is 259 g/mol. The van der Waals surface area contributed by atoms with Crippen molar-refractivity contribution in [1.82, 2.24) is 10.6 Å². The first-order valence-electron chi connectivity index (χ1n) is 6.48. The molecule has 0 saturated heterocycles. The van der Waals surface area contributed by atoms with Crippen molar-refractivity contribution in [2.45, 2.75) is 45.8 Å². The van der Waals surface area contributed by atoms with Crippen molar-refractivity contribution < 1.29 is 0 Å². The van der Waals surface area contributed by atoms with Crippen LogP contribution in [0, 0.1) is 5.92 Å². The van der Waals surface area contributed by atoms with Gasteiger partial charge in [-0.25, -0.2) is 0 Å². The normalized spacial score (nSPS) is 13.0. The average Bonchev–Trinajstić information content (AvgIpc) is 2.25. The highest BCUT2D eigenvalue weighted by molar-refractivity contribution is 7.99. The second kappa shape index (κ2) is 8.67. The van der Waals surface area contributed by atoms with Gasteiger partial charge in [0.2, 0.25) is 0 Å². The molecule has 3 nitrogen and oxygen atoms in total. The van der Waals surface area contributed by atoms with Crippen molar-refractivity contribution in [3.05, 3.63) is 0 Å². The number of guanidine groups is 1. The van der Waals surface area contributed by atoms with Crippen molar-refractivity contribution >= 4 is 17.7 Å². The van der Waals surface area contributed by atoms with Crippen molar-refractivity contribution in [1.29, 1.82) is 0 Å². The van der Waals surface area contributed by atoms with Crippen molar-refractivity contribution in [3.63, 3.8) is 0 Å². The van der Waals surface area contributed by atoms with Crippen molar-refractivity contribution in [2.75, 3.05) is 25.9 Å². The molecule has 0 aromatic rings. The van der Waals surface area contributed by atoms with Crippen LogP contribution in [0.5, 0.6) is 0 Å². The molecule has 0 aliphatic rings. The van der Waals surface area contributed by atoms with Gasteiger partial charge in [0.25, 0.3) is 0 Å². The van der Waals surface area contributed by atoms with Gasteiger partial charge >= 0.3 is 0 Å². The zero-order valence-corrected chi connectivity index (χ0v) is 13.1. The van der Waals surface area contributed by atoms with Gasteiger partial charge in [0, 0.05) is 17.8 Å². The summed E-state index contributed by atoms with van der Waals surface area (Å²) >= 11 is 1.85. The molecule has 0 fully saturated rings. The van der Waals surface area contributed by atoms with Crippen LogP contribution in [0.4, 0.5) is 0 Å². The summed E-state index contributed by atoms with van der Waals surface area (Å²) in [6.45, 7) is 13.8. The number of hydrogen-bond acceptors (Lipinski definition) is 2. The molecule has 0 unspecified atom stereocenters. The van der Waals surface area contributed by atoms with E-state index in [0.717, 1.165) is 31.5 Å². The number of thioether (sulfide) groups is 1. The Bertz CT molecular complexity index is 225. The molecule has 0 aliphatic carbocycles. The summed E-state index contributed by atoms with van der Waals surface area (Å²) < 4.78 is 0.209. The third-order valence-electron chi connectivity index (χ3n) is 2.53. The van der Waals surface area contributed by atoms with Crippen LogP contribution in [0.25, 0.3) is 0 Å². The zero-order chi connectivity index (χ0) is 13.3. The summed E-state index contributed by atoms with van der Waals surface area (Å²) in [4.78, 5) is 4.63. The number of aliphatic imine (C=N–C) groups is 1. The van der Waals surface area contributed by atoms with Crippen molar-refractivity contribution in [2.24, 2.45) is 10.9 Å². The molecule has 2 N–H and O–H groups in total. The molecule has 0 aliphatic heterocycles. The standard InChI is InChI=1S/C13H29N3S/c1-7-14-12(15-9-8-11(2)3)16-10-13(4,5)17-6/h11H,7-10H2,1-6H3,(H2,14,15,16). The van der Waals surface area contributed by atoms with Gasteiger partial charge in [-0.05, 0) is 39.4 Å². The van der Waals surface area contributed by atoms with Gasteiger partial charge in [-0.1, -0.05) is 13.8 Å². The maximum atomic E-state index is 4.63. The van der Waals surface area contributed by atoms with Crippen LogP contribution in [0.3, 0.4) is 0 Å². The van der Waals surface area contributed by atoms with Crippen LogP contribution in [0.2, 0.25) is 0 Å². The Morgan fingerprint density at radius 1 is 1.29 bits per heavy atom. The van der Waals surface area contributed by atoms with Gasteiger partial charge in [-0.2, -0.15) is 11.8 Å². The molecule has 0 rings (SSSR count). The van der Waals surface area contributed by atoms with Gasteiger partial charge < -0.3 is 10.6 Å². The molecular weight excluding hydrogens is 230 g/mol. The molecule has 0 saturated carbocycles. The fraction of sp³-hybridized carbons (Fsp3) is 0.923. The Labute approximate surface area is 111 Å². The van der Waals surface area contributed by atoms with E-state index in [1.807, 2.05) is 11.8 Å². The maximum absolute atomic E-state index is 4.63. The summed E-state index contributed by atoms with van der Waals surface area (Å²) in [5.74, 6) is 1.67. The quantitative estimate of drug-likeness (QED) is 0.545. The summed E-state index contributed by atoms with van der Waals surface area (Å²) in [6, 6.07) is 0. The van der Waals surface area contributed by atoms with Gasteiger partial charge in [-0.15, -0.1) is 0 Å². The maximum Gasteiger partial charge on any atom is 0.191 e. The van der Waals surface area contributed by atoms with Gasteiger partial charge in [0.15, 0.2) is 5.96 Å². The molecule has 4 heteroatoms. The van der Waals surface area contributed by atoms with E-state index in [2.05, 4.69) is 56.5 Å². The van der Waals surface area contributed by atoms with Crippen molar-refractivity contribution in [3.8, 4) is 0 Å². The SMILES string of the molecule is CCNC(=NCC(C)(C)SC)NCCC(C)C. The van der Waals surface area contributed by atoms with Gasteiger partial charge in [-0.3, -0.25) is 4.99 Å². The van der Waals surface area contributed by atoms with Gasteiger partial charge in [0.1, 0.15) is 0 Å². The van der Waals surface area contributed by atoms with E-state index in [4.69, 9.17) is 0 Å². The molecule has 0 aromatic carbocycles. The summed E-state index contributed by atoms with van der Waals surface area (Å²) in [5.41, 5.74) is 0. The van der Waals surface area contributed by atoms with E-state index in [-0.39, 0.29) is 4.75 Å². The molecule has 0 aromatic heterocycles. The lowest BCUT2D eigenvalue weighted by Crippen LogP contribution is -2.39. The summed E-state index contributed by atoms with van der Waals surface area (Å²) in [6.07, 6.45) is 3.31. The Hall–Kier alpha value is -0.380. The largest absolute Gasteiger partial charge is 0.357 e. The molecule has 0 radical (unpaired) electrons. The lowest BCUT2D eigenvalue weighted by Gasteiger charge is -2.20. The second-order valence-electron chi connectivity index (χ2n) is 5.27. The third-order valence-corrected chi connectivity index (χ3v) is 3.76. The predicted molar refractivity (Wildman–Crippen MR) is 81.0 cm³/mol. The van der Waals surface area contributed by atoms with E-state index < -0.39 is 0 Å². The molecule has 0 spiro atoms. The molecule has 17 heavy (non-hydrogen) atoms. The molecule has 0 atom stereocenters. The molecule has 0 heterocycles. The molecular formula is C13H29N3S. The molecule has 0 amide bonds. The third kappa shape index (κ3) is 9.33. The number of rotatable bonds is 7. The topological polar surface area (TPSA) is 36.4 Å². The van der Waals surface area contributed by atoms with Crippen LogP contribution >= 0.6 is 11.8 Å². The average molecular weight is 259 g/mol. The first kappa shape index (κ1) is 16.6. The second-order valence-corrected chi connectivity index (χ2v) is 6.78. The van der Waals surface area contributed by atoms with E-state index >= 15 is 0 Å². The van der Waals surface area contributed by atoms with E-state index in [1.54, 1.807) is 0 Å². The smallest absolute Gasteiger partial charge is 0.191 e. The van der Waals surface area contributed by atoms with E-state index in [9.17, 15) is 0 Å². The van der Waals surface area contributed by atoms with Crippen LogP contribution in [0.15, 0.2) is 4.99 Å². The van der Waals surface area contributed by atoms with Crippen LogP contribution in [-0.2, 0) is 0 Å². The first-order chi connectivity index (χ1) is 7.91. The van der Waals surface area contributed by atoms with Crippen LogP contribution in [0.1, 0.15) is 41.0 Å². The minimum Gasteiger partial charge on any atom is -0.357 e. The fourth-order valence-electron chi connectivity index (χ4n) is 1.15. The van der Waals surface area contributed by atoms with E-state index in [0.29, 0.717) is 0 Å². The predicted octanol–water partition coefficient (Wildman–Crippen LogP) is 2.73. The Morgan fingerprint density at radius 3 is 2.41 bits per heavy atom. The first-order valence-corrected chi connectivity index (χ1v) is 7.71. The lowest BCUT2D eigenvalue weighted by molar-refractivity contribution is 0.573. The Kier molecular flexibility index (Phi) is 8.48. The summed E-state index contributed by atoms with van der Waals surface area (Å²) in [5, 5.41) is 6.66. The lowest BCUT2D eigenvalue weighted by atomic mass is 10.1. The number of nitrogens with one attached hydrogen (secondary N) is 2. The van der Waals surface area contributed by atoms with E-state index in [1.165, 1.54) is 6.42 Å². The highest BCUT2D eigenvalue weighted by Crippen LogP contribution is 2.20. The minimum atomic E-state index is 0.209. The van der Waals surface area contributed by atoms with Crippen LogP contribution in [-0.4, -0.2) is 36.6 Å². The highest BCUT2D eigenvalue weighted by Gasteiger charge is 2.15. The Morgan fingerprint density at radius 2 is 1.94 bits per heavy atom. The zero-order valence-electron chi connectivity index (χ0n) is 12.3. The van der Waals surface area contributed by atoms with Gasteiger partial charge in [0.05, 0.1) is 6.54 Å². The molecule has 0 bridgehead atoms. The molecule has 102 valence electrons. The van der Waals surface area contributed by atoms with Crippen LogP contribution < -0.4 is 10.6 Å².